The maximum atomic E-state index is 6.30. The van der Waals surface area contributed by atoms with Gasteiger partial charge in [0.05, 0.1) is 0 Å². The number of ether oxygens (including phenoxy) is 2. The number of nitrogens with zero attached hydrogens (tertiary/aromatic N) is 3. The Morgan fingerprint density at radius 1 is 0.700 bits per heavy atom. The molecule has 0 aliphatic rings. The van der Waals surface area contributed by atoms with Gasteiger partial charge in [-0.05, 0) is 30.5 Å². The highest BCUT2D eigenvalue weighted by Crippen LogP contribution is 2.37. The Balaban J connectivity index is 1.52. The maximum Gasteiger partial charge on any atom is 0.249 e. The summed E-state index contributed by atoms with van der Waals surface area (Å²) in [5.74, 6) is 1.68. The van der Waals surface area contributed by atoms with Gasteiger partial charge in [-0.15, -0.1) is 0 Å². The van der Waals surface area contributed by atoms with E-state index in [1.807, 2.05) is 79.7 Å². The van der Waals surface area contributed by atoms with E-state index in [1.54, 1.807) is 0 Å². The molecule has 0 aliphatic heterocycles. The highest BCUT2D eigenvalue weighted by atomic mass is 16.5. The quantitative estimate of drug-likeness (QED) is 0.424. The molecule has 3 aromatic carbocycles. The highest BCUT2D eigenvalue weighted by molar-refractivity contribution is 5.88. The number of fused-ring (bicyclic) bond motifs is 2. The first-order valence-electron chi connectivity index (χ1n) is 9.49. The normalized spacial score (nSPS) is 11.0. The molecule has 2 heterocycles. The minimum absolute atomic E-state index is 0.218. The van der Waals surface area contributed by atoms with Gasteiger partial charge in [0.2, 0.25) is 11.8 Å². The summed E-state index contributed by atoms with van der Waals surface area (Å²) in [4.78, 5) is 13.0. The molecule has 146 valence electrons. The molecule has 0 radical (unpaired) electrons. The average Bonchev–Trinajstić information content (AvgIpc) is 2.77. The van der Waals surface area contributed by atoms with Gasteiger partial charge in [-0.2, -0.15) is 9.97 Å². The Hall–Kier alpha value is -4.19. The molecule has 0 spiro atoms. The third kappa shape index (κ3) is 3.24. The second-order valence-corrected chi connectivity index (χ2v) is 6.86. The van der Waals surface area contributed by atoms with E-state index in [9.17, 15) is 0 Å². The molecule has 0 bridgehead atoms. The van der Waals surface area contributed by atoms with Gasteiger partial charge < -0.3 is 15.2 Å². The topological polar surface area (TPSA) is 83.2 Å². The Morgan fingerprint density at radius 2 is 1.37 bits per heavy atom. The smallest absolute Gasteiger partial charge is 0.249 e. The Labute approximate surface area is 172 Å². The molecule has 5 aromatic rings. The van der Waals surface area contributed by atoms with Crippen molar-refractivity contribution in [1.29, 1.82) is 0 Å². The van der Waals surface area contributed by atoms with Crippen molar-refractivity contribution in [1.82, 2.24) is 15.0 Å². The lowest BCUT2D eigenvalue weighted by Crippen LogP contribution is -2.01. The number of rotatable bonds is 4. The third-order valence-corrected chi connectivity index (χ3v) is 4.80. The molecule has 0 aliphatic carbocycles. The Bertz CT molecular complexity index is 1380. The van der Waals surface area contributed by atoms with Crippen LogP contribution in [-0.2, 0) is 0 Å². The molecule has 5 rings (SSSR count). The summed E-state index contributed by atoms with van der Waals surface area (Å²) in [6.45, 7) is 1.94. The summed E-state index contributed by atoms with van der Waals surface area (Å²) in [5.41, 5.74) is 8.16. The van der Waals surface area contributed by atoms with E-state index < -0.39 is 0 Å². The van der Waals surface area contributed by atoms with Crippen molar-refractivity contribution in [3.63, 3.8) is 0 Å². The molecular formula is C24H18N4O2. The zero-order valence-electron chi connectivity index (χ0n) is 16.2. The summed E-state index contributed by atoms with van der Waals surface area (Å²) in [6.07, 6.45) is 1.37. The lowest BCUT2D eigenvalue weighted by Gasteiger charge is -2.13. The van der Waals surface area contributed by atoms with E-state index in [2.05, 4.69) is 15.0 Å². The molecule has 0 atom stereocenters. The summed E-state index contributed by atoms with van der Waals surface area (Å²) in [5, 5.41) is 3.00. The first-order chi connectivity index (χ1) is 14.7. The van der Waals surface area contributed by atoms with Gasteiger partial charge in [-0.1, -0.05) is 54.6 Å². The van der Waals surface area contributed by atoms with Crippen LogP contribution < -0.4 is 15.2 Å². The van der Waals surface area contributed by atoms with Gasteiger partial charge >= 0.3 is 0 Å². The van der Waals surface area contributed by atoms with Gasteiger partial charge in [0, 0.05) is 16.5 Å². The van der Waals surface area contributed by atoms with Crippen LogP contribution in [0.15, 0.2) is 79.1 Å². The fourth-order valence-corrected chi connectivity index (χ4v) is 3.32. The number of anilines is 1. The molecule has 0 saturated heterocycles. The first kappa shape index (κ1) is 17.9. The Kier molecular flexibility index (Phi) is 4.37. The molecule has 2 aromatic heterocycles. The van der Waals surface area contributed by atoms with Gasteiger partial charge in [-0.25, -0.2) is 4.98 Å². The third-order valence-electron chi connectivity index (χ3n) is 4.80. The number of nitrogens with two attached hydrogens (primary N) is 1. The monoisotopic (exact) mass is 394 g/mol. The van der Waals surface area contributed by atoms with E-state index in [0.29, 0.717) is 11.5 Å². The van der Waals surface area contributed by atoms with Crippen LogP contribution in [0, 0.1) is 6.92 Å². The van der Waals surface area contributed by atoms with Crippen molar-refractivity contribution in [2.45, 2.75) is 6.92 Å². The maximum absolute atomic E-state index is 6.30. The minimum Gasteiger partial charge on any atom is -0.436 e. The highest BCUT2D eigenvalue weighted by Gasteiger charge is 2.15. The van der Waals surface area contributed by atoms with Crippen molar-refractivity contribution in [2.24, 2.45) is 0 Å². The van der Waals surface area contributed by atoms with Gasteiger partial charge in [0.1, 0.15) is 17.6 Å². The number of benzene rings is 3. The SMILES string of the molecule is Cc1ccc2cccc(Oc3ncnc(Oc4cccc5ccccc45)c3N)c2n1. The van der Waals surface area contributed by atoms with Crippen LogP contribution in [0.1, 0.15) is 5.69 Å². The lowest BCUT2D eigenvalue weighted by molar-refractivity contribution is 0.442. The van der Waals surface area contributed by atoms with Crippen LogP contribution in [0.4, 0.5) is 5.69 Å². The number of aromatic nitrogens is 3. The van der Waals surface area contributed by atoms with Crippen LogP contribution >= 0.6 is 0 Å². The van der Waals surface area contributed by atoms with E-state index >= 15 is 0 Å². The Morgan fingerprint density at radius 3 is 2.20 bits per heavy atom. The number of pyridine rings is 1. The van der Waals surface area contributed by atoms with Crippen molar-refractivity contribution < 1.29 is 9.47 Å². The number of aryl methyl sites for hydroxylation is 1. The van der Waals surface area contributed by atoms with E-state index in [-0.39, 0.29) is 17.4 Å². The molecular weight excluding hydrogens is 376 g/mol. The van der Waals surface area contributed by atoms with E-state index in [0.717, 1.165) is 27.4 Å². The van der Waals surface area contributed by atoms with Gasteiger partial charge in [0.15, 0.2) is 11.4 Å². The van der Waals surface area contributed by atoms with E-state index in [4.69, 9.17) is 15.2 Å². The number of nitrogen functional groups attached to an aromatic ring is 1. The first-order valence-corrected chi connectivity index (χ1v) is 9.49. The number of hydrogen-bond acceptors (Lipinski definition) is 6. The van der Waals surface area contributed by atoms with Gasteiger partial charge in [0.25, 0.3) is 0 Å². The predicted molar refractivity (Wildman–Crippen MR) is 117 cm³/mol. The minimum atomic E-state index is 0.218. The predicted octanol–water partition coefficient (Wildman–Crippen LogP) is 5.65. The van der Waals surface area contributed by atoms with Crippen LogP contribution in [-0.4, -0.2) is 15.0 Å². The van der Waals surface area contributed by atoms with Gasteiger partial charge in [-0.3, -0.25) is 0 Å². The zero-order valence-corrected chi connectivity index (χ0v) is 16.2. The number of para-hydroxylation sites is 1. The average molecular weight is 394 g/mol. The molecule has 0 unspecified atom stereocenters. The van der Waals surface area contributed by atoms with E-state index in [1.165, 1.54) is 6.33 Å². The molecule has 0 saturated carbocycles. The summed E-state index contributed by atoms with van der Waals surface area (Å²) in [6, 6.07) is 23.5. The second kappa shape index (κ2) is 7.33. The van der Waals surface area contributed by atoms with Crippen molar-refractivity contribution in [3.05, 3.63) is 84.8 Å². The molecule has 0 amide bonds. The van der Waals surface area contributed by atoms with Crippen LogP contribution in [0.2, 0.25) is 0 Å². The molecule has 2 N–H and O–H groups in total. The fourth-order valence-electron chi connectivity index (χ4n) is 3.32. The molecule has 0 fully saturated rings. The fraction of sp³-hybridized carbons (Fsp3) is 0.0417. The van der Waals surface area contributed by atoms with Crippen molar-refractivity contribution in [3.8, 4) is 23.3 Å². The van der Waals surface area contributed by atoms with Crippen molar-refractivity contribution >= 4 is 27.4 Å². The van der Waals surface area contributed by atoms with Crippen LogP contribution in [0.3, 0.4) is 0 Å². The lowest BCUT2D eigenvalue weighted by atomic mass is 10.1. The second-order valence-electron chi connectivity index (χ2n) is 6.86. The molecule has 6 nitrogen and oxygen atoms in total. The van der Waals surface area contributed by atoms with Crippen molar-refractivity contribution in [2.75, 3.05) is 5.73 Å². The summed E-state index contributed by atoms with van der Waals surface area (Å²) < 4.78 is 12.1. The van der Waals surface area contributed by atoms with Crippen LogP contribution in [0.5, 0.6) is 23.3 Å². The largest absolute Gasteiger partial charge is 0.436 e. The zero-order chi connectivity index (χ0) is 20.5. The number of hydrogen-bond donors (Lipinski definition) is 1. The molecule has 6 heteroatoms. The standard InChI is InChI=1S/C24H18N4O2/c1-15-12-13-17-8-5-11-20(22(17)28-15)30-24-21(25)23(26-14-27-24)29-19-10-4-7-16-6-2-3-9-18(16)19/h2-14H,25H2,1H3. The van der Waals surface area contributed by atoms with Crippen LogP contribution in [0.25, 0.3) is 21.7 Å². The summed E-state index contributed by atoms with van der Waals surface area (Å²) >= 11 is 0. The summed E-state index contributed by atoms with van der Waals surface area (Å²) in [7, 11) is 0. The molecule has 30 heavy (non-hydrogen) atoms.